The van der Waals surface area contributed by atoms with Crippen molar-refractivity contribution in [3.8, 4) is 0 Å². The maximum atomic E-state index is 13.7. The number of carbonyl (C=O) groups is 1. The van der Waals surface area contributed by atoms with E-state index in [0.29, 0.717) is 6.54 Å². The molecule has 31 heavy (non-hydrogen) atoms. The number of aromatic nitrogens is 1. The summed E-state index contributed by atoms with van der Waals surface area (Å²) in [6, 6.07) is 10.6. The van der Waals surface area contributed by atoms with Gasteiger partial charge in [0.1, 0.15) is 0 Å². The Kier molecular flexibility index (Phi) is 6.73. The molecule has 0 aliphatic heterocycles. The fraction of sp³-hybridized carbons (Fsp3) is 0.462. The monoisotopic (exact) mass is 435 g/mol. The largest absolute Gasteiger partial charge is 0.302 e. The molecule has 0 bridgehead atoms. The highest BCUT2D eigenvalue weighted by atomic mass is 32.1. The number of benzene rings is 2. The lowest BCUT2D eigenvalue weighted by Gasteiger charge is -2.25. The first-order chi connectivity index (χ1) is 15.0. The summed E-state index contributed by atoms with van der Waals surface area (Å²) >= 11 is 1.63. The summed E-state index contributed by atoms with van der Waals surface area (Å²) in [5.41, 5.74) is 6.96. The number of rotatable bonds is 7. The van der Waals surface area contributed by atoms with Gasteiger partial charge in [-0.3, -0.25) is 9.69 Å². The predicted octanol–water partition coefficient (Wildman–Crippen LogP) is 5.78. The van der Waals surface area contributed by atoms with Gasteiger partial charge in [0.25, 0.3) is 5.91 Å². The van der Waals surface area contributed by atoms with Gasteiger partial charge in [-0.1, -0.05) is 37.3 Å². The number of likely N-dealkylation sites (N-methyl/N-ethyl adjacent to an activating group) is 1. The van der Waals surface area contributed by atoms with E-state index < -0.39 is 0 Å². The average molecular weight is 436 g/mol. The van der Waals surface area contributed by atoms with Gasteiger partial charge in [0, 0.05) is 18.7 Å². The van der Waals surface area contributed by atoms with E-state index >= 15 is 0 Å². The molecule has 0 saturated carbocycles. The van der Waals surface area contributed by atoms with Crippen LogP contribution in [0, 0.1) is 13.8 Å². The Morgan fingerprint density at radius 1 is 1.00 bits per heavy atom. The first-order valence-electron chi connectivity index (χ1n) is 11.5. The summed E-state index contributed by atoms with van der Waals surface area (Å²) in [5, 5.41) is 0.804. The number of hydrogen-bond donors (Lipinski definition) is 0. The van der Waals surface area contributed by atoms with E-state index in [1.807, 2.05) is 11.0 Å². The third kappa shape index (κ3) is 4.68. The number of carbonyl (C=O) groups excluding carboxylic acids is 1. The van der Waals surface area contributed by atoms with Gasteiger partial charge in [0.05, 0.1) is 10.2 Å². The first kappa shape index (κ1) is 22.0. The summed E-state index contributed by atoms with van der Waals surface area (Å²) in [6.07, 6.45) is 4.68. The Bertz CT molecular complexity index is 1080. The van der Waals surface area contributed by atoms with Gasteiger partial charge in [-0.2, -0.15) is 0 Å². The van der Waals surface area contributed by atoms with E-state index in [-0.39, 0.29) is 5.91 Å². The van der Waals surface area contributed by atoms with Gasteiger partial charge in [-0.15, -0.1) is 0 Å². The van der Waals surface area contributed by atoms with Crippen molar-refractivity contribution in [2.24, 2.45) is 0 Å². The van der Waals surface area contributed by atoms with Gasteiger partial charge < -0.3 is 4.90 Å². The van der Waals surface area contributed by atoms with Crippen LogP contribution in [0.5, 0.6) is 0 Å². The molecule has 5 heteroatoms. The Hall–Kier alpha value is -2.24. The Balaban J connectivity index is 1.70. The zero-order chi connectivity index (χ0) is 22.0. The second-order valence-corrected chi connectivity index (χ2v) is 9.58. The SMILES string of the molecule is CCN(CC)CCN(C(=O)c1ccc2c(c1)CCCC2)c1nc2cc(C)cc(C)c2s1. The Morgan fingerprint density at radius 2 is 1.74 bits per heavy atom. The highest BCUT2D eigenvalue weighted by Crippen LogP contribution is 2.33. The average Bonchev–Trinajstić information content (AvgIpc) is 3.20. The third-order valence-electron chi connectivity index (χ3n) is 6.41. The zero-order valence-corrected chi connectivity index (χ0v) is 20.0. The number of nitrogens with zero attached hydrogens (tertiary/aromatic N) is 3. The summed E-state index contributed by atoms with van der Waals surface area (Å²) in [7, 11) is 0. The summed E-state index contributed by atoms with van der Waals surface area (Å²) in [4.78, 5) is 22.9. The lowest BCUT2D eigenvalue weighted by Crippen LogP contribution is -2.39. The summed E-state index contributed by atoms with van der Waals surface area (Å²) in [6.45, 7) is 12.0. The van der Waals surface area contributed by atoms with Crippen molar-refractivity contribution in [3.63, 3.8) is 0 Å². The number of fused-ring (bicyclic) bond motifs is 2. The van der Waals surface area contributed by atoms with Crippen molar-refractivity contribution < 1.29 is 4.79 Å². The second-order valence-electron chi connectivity index (χ2n) is 8.60. The smallest absolute Gasteiger partial charge is 0.260 e. The van der Waals surface area contributed by atoms with Gasteiger partial charge in [0.15, 0.2) is 5.13 Å². The molecule has 1 aliphatic carbocycles. The topological polar surface area (TPSA) is 36.4 Å². The van der Waals surface area contributed by atoms with Crippen LogP contribution in [0.3, 0.4) is 0 Å². The molecule has 164 valence electrons. The number of amides is 1. The molecular weight excluding hydrogens is 402 g/mol. The van der Waals surface area contributed by atoms with Crippen LogP contribution >= 0.6 is 11.3 Å². The molecule has 0 spiro atoms. The van der Waals surface area contributed by atoms with E-state index in [2.05, 4.69) is 56.9 Å². The Labute approximate surface area is 189 Å². The van der Waals surface area contributed by atoms with Crippen molar-refractivity contribution in [1.82, 2.24) is 9.88 Å². The summed E-state index contributed by atoms with van der Waals surface area (Å²) < 4.78 is 1.17. The van der Waals surface area contributed by atoms with E-state index in [0.717, 1.165) is 48.7 Å². The minimum atomic E-state index is 0.0639. The highest BCUT2D eigenvalue weighted by Gasteiger charge is 2.23. The number of aryl methyl sites for hydroxylation is 4. The maximum absolute atomic E-state index is 13.7. The second kappa shape index (κ2) is 9.49. The van der Waals surface area contributed by atoms with Crippen LogP contribution < -0.4 is 4.90 Å². The van der Waals surface area contributed by atoms with Crippen molar-refractivity contribution in [2.75, 3.05) is 31.1 Å². The molecule has 1 aromatic heterocycles. The fourth-order valence-electron chi connectivity index (χ4n) is 4.57. The van der Waals surface area contributed by atoms with Crippen LogP contribution in [-0.2, 0) is 12.8 Å². The molecule has 0 N–H and O–H groups in total. The number of anilines is 1. The van der Waals surface area contributed by atoms with Gasteiger partial charge in [-0.25, -0.2) is 4.98 Å². The van der Waals surface area contributed by atoms with E-state index in [1.165, 1.54) is 39.8 Å². The minimum absolute atomic E-state index is 0.0639. The summed E-state index contributed by atoms with van der Waals surface area (Å²) in [5.74, 6) is 0.0639. The van der Waals surface area contributed by atoms with Crippen LogP contribution in [-0.4, -0.2) is 42.0 Å². The van der Waals surface area contributed by atoms with Crippen LogP contribution in [0.15, 0.2) is 30.3 Å². The van der Waals surface area contributed by atoms with Crippen molar-refractivity contribution in [3.05, 3.63) is 58.1 Å². The van der Waals surface area contributed by atoms with Crippen LogP contribution in [0.1, 0.15) is 59.3 Å². The van der Waals surface area contributed by atoms with E-state index in [9.17, 15) is 4.79 Å². The molecule has 4 rings (SSSR count). The molecule has 3 aromatic rings. The van der Waals surface area contributed by atoms with Gasteiger partial charge in [-0.05, 0) is 93.1 Å². The molecular formula is C26H33N3OS. The van der Waals surface area contributed by atoms with Crippen molar-refractivity contribution >= 4 is 32.6 Å². The lowest BCUT2D eigenvalue weighted by atomic mass is 9.90. The molecule has 1 heterocycles. The highest BCUT2D eigenvalue weighted by molar-refractivity contribution is 7.22. The number of hydrogen-bond acceptors (Lipinski definition) is 4. The van der Waals surface area contributed by atoms with Crippen molar-refractivity contribution in [1.29, 1.82) is 0 Å². The predicted molar refractivity (Wildman–Crippen MR) is 132 cm³/mol. The molecule has 0 atom stereocenters. The van der Waals surface area contributed by atoms with Crippen LogP contribution in [0.2, 0.25) is 0 Å². The fourth-order valence-corrected chi connectivity index (χ4v) is 5.61. The number of thiazole rings is 1. The van der Waals surface area contributed by atoms with E-state index in [1.54, 1.807) is 11.3 Å². The Morgan fingerprint density at radius 3 is 2.48 bits per heavy atom. The molecule has 0 radical (unpaired) electrons. The molecule has 0 saturated heterocycles. The molecule has 4 nitrogen and oxygen atoms in total. The normalized spacial score (nSPS) is 13.6. The van der Waals surface area contributed by atoms with E-state index in [4.69, 9.17) is 4.98 Å². The molecule has 1 amide bonds. The molecule has 2 aromatic carbocycles. The van der Waals surface area contributed by atoms with Gasteiger partial charge >= 0.3 is 0 Å². The van der Waals surface area contributed by atoms with Crippen molar-refractivity contribution in [2.45, 2.75) is 53.4 Å². The van der Waals surface area contributed by atoms with Gasteiger partial charge in [0.2, 0.25) is 0 Å². The quantitative estimate of drug-likeness (QED) is 0.472. The zero-order valence-electron chi connectivity index (χ0n) is 19.2. The lowest BCUT2D eigenvalue weighted by molar-refractivity contribution is 0.0983. The third-order valence-corrected chi connectivity index (χ3v) is 7.64. The first-order valence-corrected chi connectivity index (χ1v) is 12.4. The minimum Gasteiger partial charge on any atom is -0.302 e. The standard InChI is InChI=1S/C26H33N3OS/c1-5-28(6-2)13-14-29(26-27-23-16-18(3)15-19(4)24(23)31-26)25(30)22-12-11-20-9-7-8-10-21(20)17-22/h11-12,15-17H,5-10,13-14H2,1-4H3. The molecule has 1 aliphatic rings. The van der Waals surface area contributed by atoms with Crippen LogP contribution in [0.4, 0.5) is 5.13 Å². The van der Waals surface area contributed by atoms with Crippen LogP contribution in [0.25, 0.3) is 10.2 Å². The molecule has 0 unspecified atom stereocenters. The molecule has 0 fully saturated rings. The maximum Gasteiger partial charge on any atom is 0.260 e.